The van der Waals surface area contributed by atoms with Crippen molar-refractivity contribution in [2.45, 2.75) is 32.0 Å². The zero-order chi connectivity index (χ0) is 23.0. The summed E-state index contributed by atoms with van der Waals surface area (Å²) in [5.74, 6) is 2.68. The van der Waals surface area contributed by atoms with Crippen LogP contribution in [-0.4, -0.2) is 71.6 Å². The largest absolute Gasteiger partial charge is 0.491 e. The molecule has 4 rings (SSSR count). The number of aromatic nitrogens is 2. The summed E-state index contributed by atoms with van der Waals surface area (Å²) in [7, 11) is 1.69. The quantitative estimate of drug-likeness (QED) is 0.668. The highest BCUT2D eigenvalue weighted by molar-refractivity contribution is 5.83. The molecule has 2 atom stereocenters. The van der Waals surface area contributed by atoms with Crippen molar-refractivity contribution in [2.75, 3.05) is 37.0 Å². The highest BCUT2D eigenvalue weighted by atomic mass is 19.3. The molecule has 11 heteroatoms. The fourth-order valence-corrected chi connectivity index (χ4v) is 3.97. The van der Waals surface area contributed by atoms with Gasteiger partial charge in [-0.15, -0.1) is 0 Å². The highest BCUT2D eigenvalue weighted by Crippen LogP contribution is 2.37. The van der Waals surface area contributed by atoms with Crippen LogP contribution in [0.4, 0.5) is 20.3 Å². The van der Waals surface area contributed by atoms with Crippen molar-refractivity contribution < 1.29 is 23.1 Å². The van der Waals surface area contributed by atoms with Crippen molar-refractivity contribution in [2.24, 2.45) is 5.73 Å². The number of hydrogen-bond donors (Lipinski definition) is 2. The lowest BCUT2D eigenvalue weighted by Gasteiger charge is -2.39. The van der Waals surface area contributed by atoms with E-state index in [9.17, 15) is 18.4 Å². The summed E-state index contributed by atoms with van der Waals surface area (Å²) in [6.07, 6.45) is -1.01. The molecule has 1 aromatic carbocycles. The summed E-state index contributed by atoms with van der Waals surface area (Å²) >= 11 is 0. The Morgan fingerprint density at radius 1 is 1.41 bits per heavy atom. The molecule has 3 heterocycles. The molecule has 32 heavy (non-hydrogen) atoms. The number of nitrogens with zero attached hydrogens (tertiary/aromatic N) is 4. The molecule has 9 nitrogen and oxygen atoms in total. The number of anilines is 2. The average Bonchev–Trinajstić information content (AvgIpc) is 3.08. The van der Waals surface area contributed by atoms with Gasteiger partial charge in [-0.1, -0.05) is 0 Å². The minimum absolute atomic E-state index is 0.0951. The summed E-state index contributed by atoms with van der Waals surface area (Å²) in [6, 6.07) is 3.52. The standard InChI is InChI=1S/C21H24F2N6O3/c1-12(20(24)31)25-13-3-4-15-17(7-13)32-6-5-28-10-18(26-21(15)28)29-14(11-30)8-27(2)9-16(29)19(22)23/h3-4,7,10,12,16,19,25H,5-6,8-9H2,1-2H3,(H2,24,31)/t12-,16-/m0/s1. The van der Waals surface area contributed by atoms with Crippen molar-refractivity contribution in [1.29, 1.82) is 0 Å². The predicted octanol–water partition coefficient (Wildman–Crippen LogP) is 1.33. The van der Waals surface area contributed by atoms with Crippen LogP contribution in [0.15, 0.2) is 30.1 Å². The monoisotopic (exact) mass is 446 g/mol. The number of ether oxygens (including phenoxy) is 1. The number of likely N-dealkylation sites (N-methyl/N-ethyl adjacent to an activating group) is 1. The molecule has 0 saturated carbocycles. The van der Waals surface area contributed by atoms with Gasteiger partial charge in [-0.05, 0) is 26.1 Å². The third-order valence-electron chi connectivity index (χ3n) is 5.58. The van der Waals surface area contributed by atoms with E-state index in [1.54, 1.807) is 43.3 Å². The first kappa shape index (κ1) is 21.8. The molecule has 1 amide bonds. The Balaban J connectivity index is 1.72. The molecule has 2 aliphatic heterocycles. The van der Waals surface area contributed by atoms with Crippen molar-refractivity contribution in [3.63, 3.8) is 0 Å². The second-order valence-electron chi connectivity index (χ2n) is 7.96. The average molecular weight is 446 g/mol. The molecule has 1 aromatic heterocycles. The van der Waals surface area contributed by atoms with E-state index >= 15 is 0 Å². The van der Waals surface area contributed by atoms with Crippen LogP contribution in [0.25, 0.3) is 11.4 Å². The third kappa shape index (κ3) is 4.04. The van der Waals surface area contributed by atoms with Crippen LogP contribution in [0.1, 0.15) is 6.92 Å². The number of halogens is 2. The number of nitrogens with two attached hydrogens (primary N) is 1. The molecule has 2 aliphatic rings. The summed E-state index contributed by atoms with van der Waals surface area (Å²) in [6.45, 7) is 2.74. The van der Waals surface area contributed by atoms with Crippen LogP contribution in [-0.2, 0) is 16.1 Å². The van der Waals surface area contributed by atoms with Crippen molar-refractivity contribution >= 4 is 23.4 Å². The van der Waals surface area contributed by atoms with Gasteiger partial charge in [0.2, 0.25) is 5.91 Å². The van der Waals surface area contributed by atoms with Gasteiger partial charge in [0.25, 0.3) is 6.43 Å². The molecular weight excluding hydrogens is 422 g/mol. The number of alkyl halides is 2. The topological polar surface area (TPSA) is 106 Å². The maximum atomic E-state index is 13.8. The molecule has 3 N–H and O–H groups in total. The second-order valence-corrected chi connectivity index (χ2v) is 7.96. The fourth-order valence-electron chi connectivity index (χ4n) is 3.97. The van der Waals surface area contributed by atoms with Gasteiger partial charge in [0.15, 0.2) is 5.82 Å². The van der Waals surface area contributed by atoms with Gasteiger partial charge in [0.1, 0.15) is 41.9 Å². The van der Waals surface area contributed by atoms with E-state index < -0.39 is 24.4 Å². The van der Waals surface area contributed by atoms with Gasteiger partial charge in [0.05, 0.1) is 12.1 Å². The summed E-state index contributed by atoms with van der Waals surface area (Å²) in [5, 5.41) is 3.00. The number of fused-ring (bicyclic) bond motifs is 3. The van der Waals surface area contributed by atoms with Crippen molar-refractivity contribution in [1.82, 2.24) is 14.5 Å². The minimum Gasteiger partial charge on any atom is -0.491 e. The number of imidazole rings is 1. The van der Waals surface area contributed by atoms with Gasteiger partial charge in [-0.2, -0.15) is 0 Å². The third-order valence-corrected chi connectivity index (χ3v) is 5.58. The minimum atomic E-state index is -2.67. The summed E-state index contributed by atoms with van der Waals surface area (Å²) in [5.41, 5.74) is 6.75. The molecule has 0 unspecified atom stereocenters. The van der Waals surface area contributed by atoms with Crippen LogP contribution < -0.4 is 20.7 Å². The Kier molecular flexibility index (Phi) is 5.86. The zero-order valence-corrected chi connectivity index (χ0v) is 17.7. The summed E-state index contributed by atoms with van der Waals surface area (Å²) < 4.78 is 35.3. The molecule has 0 bridgehead atoms. The summed E-state index contributed by atoms with van der Waals surface area (Å²) in [4.78, 5) is 30.5. The van der Waals surface area contributed by atoms with Gasteiger partial charge in [-0.3, -0.25) is 9.69 Å². The first-order chi connectivity index (χ1) is 15.3. The Labute approximate surface area is 183 Å². The van der Waals surface area contributed by atoms with Crippen LogP contribution >= 0.6 is 0 Å². The van der Waals surface area contributed by atoms with E-state index in [0.29, 0.717) is 36.0 Å². The smallest absolute Gasteiger partial charge is 0.260 e. The number of primary amides is 1. The van der Waals surface area contributed by atoms with Crippen LogP contribution in [0.5, 0.6) is 5.75 Å². The molecule has 0 radical (unpaired) electrons. The lowest BCUT2D eigenvalue weighted by molar-refractivity contribution is -0.118. The first-order valence-corrected chi connectivity index (χ1v) is 10.2. The number of hydrogen-bond acceptors (Lipinski definition) is 7. The van der Waals surface area contributed by atoms with Gasteiger partial charge in [0, 0.05) is 31.0 Å². The Bertz CT molecular complexity index is 1080. The van der Waals surface area contributed by atoms with E-state index in [1.165, 1.54) is 4.90 Å². The molecule has 1 saturated heterocycles. The van der Waals surface area contributed by atoms with E-state index in [-0.39, 0.29) is 24.6 Å². The Morgan fingerprint density at radius 3 is 2.88 bits per heavy atom. The maximum absolute atomic E-state index is 13.8. The molecule has 2 aromatic rings. The van der Waals surface area contributed by atoms with E-state index in [1.807, 2.05) is 10.5 Å². The van der Waals surface area contributed by atoms with Crippen LogP contribution in [0, 0.1) is 0 Å². The van der Waals surface area contributed by atoms with E-state index in [0.717, 1.165) is 0 Å². The molecular formula is C21H24F2N6O3. The lowest BCUT2D eigenvalue weighted by atomic mass is 10.1. The fraction of sp³-hybridized carbons (Fsp3) is 0.429. The maximum Gasteiger partial charge on any atom is 0.260 e. The normalized spacial score (nSPS) is 19.5. The molecule has 0 aliphatic carbocycles. The van der Waals surface area contributed by atoms with Gasteiger partial charge in [-0.25, -0.2) is 18.6 Å². The Morgan fingerprint density at radius 2 is 2.19 bits per heavy atom. The van der Waals surface area contributed by atoms with Gasteiger partial charge >= 0.3 is 0 Å². The van der Waals surface area contributed by atoms with Gasteiger partial charge < -0.3 is 25.3 Å². The number of amides is 1. The number of nitrogens with one attached hydrogen (secondary N) is 1. The Hall–Kier alpha value is -3.43. The van der Waals surface area contributed by atoms with Crippen molar-refractivity contribution in [3.05, 3.63) is 30.1 Å². The van der Waals surface area contributed by atoms with Crippen LogP contribution in [0.3, 0.4) is 0 Å². The second kappa shape index (κ2) is 8.60. The molecule has 0 spiro atoms. The first-order valence-electron chi connectivity index (χ1n) is 10.2. The van der Waals surface area contributed by atoms with Crippen LogP contribution in [0.2, 0.25) is 0 Å². The predicted molar refractivity (Wildman–Crippen MR) is 114 cm³/mol. The number of benzene rings is 1. The molecule has 1 fully saturated rings. The lowest BCUT2D eigenvalue weighted by Crippen LogP contribution is -2.54. The SMILES string of the molecule is C[C@H](Nc1ccc2c(c1)OCCn1cc(N3C(=C=O)CN(C)C[C@H]3C(F)F)nc1-2)C(N)=O. The highest BCUT2D eigenvalue weighted by Gasteiger charge is 2.38. The number of carbonyl (C=O) groups excluding carboxylic acids is 2. The number of carbonyl (C=O) groups is 1. The zero-order valence-electron chi connectivity index (χ0n) is 17.7. The number of piperazine rings is 1. The number of rotatable bonds is 5. The van der Waals surface area contributed by atoms with E-state index in [4.69, 9.17) is 10.5 Å². The molecule has 170 valence electrons. The van der Waals surface area contributed by atoms with E-state index in [2.05, 4.69) is 10.3 Å². The van der Waals surface area contributed by atoms with Crippen molar-refractivity contribution in [3.8, 4) is 17.1 Å².